The summed E-state index contributed by atoms with van der Waals surface area (Å²) in [6, 6.07) is 8.99. The molecule has 10 heteroatoms. The molecule has 0 bridgehead atoms. The Bertz CT molecular complexity index is 1240. The van der Waals surface area contributed by atoms with Crippen molar-refractivity contribution in [3.05, 3.63) is 64.7 Å². The van der Waals surface area contributed by atoms with E-state index in [1.165, 1.54) is 47.4 Å². The topological polar surface area (TPSA) is 92.8 Å². The molecule has 0 aromatic heterocycles. The number of amides is 3. The largest absolute Gasteiger partial charge is 0.490 e. The van der Waals surface area contributed by atoms with Gasteiger partial charge in [0.25, 0.3) is 5.91 Å². The van der Waals surface area contributed by atoms with Crippen LogP contribution in [-0.4, -0.2) is 46.7 Å². The molecule has 188 valence electrons. The molecular weight excluding hydrogens is 477 g/mol. The second-order valence-electron chi connectivity index (χ2n) is 9.38. The molecule has 1 saturated carbocycles. The predicted octanol–water partition coefficient (Wildman–Crippen LogP) is 3.91. The number of nitrogens with zero attached hydrogens (tertiary/aromatic N) is 1. The summed E-state index contributed by atoms with van der Waals surface area (Å²) < 4.78 is 47.3. The highest BCUT2D eigenvalue weighted by Crippen LogP contribution is 2.39. The van der Waals surface area contributed by atoms with Gasteiger partial charge in [-0.1, -0.05) is 18.2 Å². The smallest absolute Gasteiger partial charge is 0.396 e. The number of fused-ring (bicyclic) bond motifs is 1. The van der Waals surface area contributed by atoms with Gasteiger partial charge in [-0.3, -0.25) is 24.5 Å². The zero-order chi connectivity index (χ0) is 25.6. The number of hydrogen-bond acceptors (Lipinski definition) is 5. The van der Waals surface area contributed by atoms with Crippen LogP contribution in [0.25, 0.3) is 0 Å². The molecule has 1 unspecified atom stereocenters. The molecule has 2 heterocycles. The number of alkyl halides is 3. The average Bonchev–Trinajstić information content (AvgIpc) is 3.58. The number of ketones is 1. The third kappa shape index (κ3) is 4.84. The van der Waals surface area contributed by atoms with Crippen LogP contribution in [0.4, 0.5) is 13.2 Å². The van der Waals surface area contributed by atoms with Crippen molar-refractivity contribution >= 4 is 23.5 Å². The predicted molar refractivity (Wildman–Crippen MR) is 120 cm³/mol. The van der Waals surface area contributed by atoms with E-state index < -0.39 is 48.1 Å². The van der Waals surface area contributed by atoms with Crippen molar-refractivity contribution in [2.45, 2.75) is 62.9 Å². The summed E-state index contributed by atoms with van der Waals surface area (Å²) in [5.74, 6) is -3.58. The fraction of sp³-hybridized carbons (Fsp3) is 0.385. The van der Waals surface area contributed by atoms with Gasteiger partial charge >= 0.3 is 6.18 Å². The summed E-state index contributed by atoms with van der Waals surface area (Å²) in [4.78, 5) is 50.7. The number of hydrogen-bond donors (Lipinski definition) is 1. The van der Waals surface area contributed by atoms with Crippen LogP contribution in [-0.2, 0) is 16.1 Å². The Morgan fingerprint density at radius 1 is 1.06 bits per heavy atom. The Morgan fingerprint density at radius 3 is 2.42 bits per heavy atom. The molecule has 7 nitrogen and oxygen atoms in total. The van der Waals surface area contributed by atoms with E-state index in [1.807, 2.05) is 0 Å². The highest BCUT2D eigenvalue weighted by Gasteiger charge is 2.43. The van der Waals surface area contributed by atoms with E-state index in [4.69, 9.17) is 4.74 Å². The molecule has 5 rings (SSSR count). The maximum Gasteiger partial charge on any atom is 0.396 e. The third-order valence-corrected chi connectivity index (χ3v) is 6.74. The van der Waals surface area contributed by atoms with Crippen LogP contribution in [0, 0.1) is 0 Å². The van der Waals surface area contributed by atoms with E-state index in [2.05, 4.69) is 5.32 Å². The first-order chi connectivity index (χ1) is 17.1. The maximum atomic E-state index is 13.9. The summed E-state index contributed by atoms with van der Waals surface area (Å²) in [5.41, 5.74) is 0.782. The molecule has 1 saturated heterocycles. The molecule has 0 radical (unpaired) electrons. The molecule has 3 aliphatic rings. The monoisotopic (exact) mass is 500 g/mol. The normalized spacial score (nSPS) is 20.7. The number of Topliss-reactive ketones (excluding diaryl/α,β-unsaturated/α-hetero) is 1. The van der Waals surface area contributed by atoms with E-state index in [-0.39, 0.29) is 42.2 Å². The number of carbonyl (C=O) groups excluding carboxylic acids is 4. The van der Waals surface area contributed by atoms with Gasteiger partial charge in [-0.05, 0) is 54.7 Å². The fourth-order valence-corrected chi connectivity index (χ4v) is 4.63. The zero-order valence-electron chi connectivity index (χ0n) is 19.1. The van der Waals surface area contributed by atoms with Crippen LogP contribution in [0.2, 0.25) is 0 Å². The van der Waals surface area contributed by atoms with Crippen molar-refractivity contribution < 1.29 is 37.1 Å². The number of piperidine rings is 1. The first-order valence-electron chi connectivity index (χ1n) is 11.7. The molecule has 2 aromatic carbocycles. The van der Waals surface area contributed by atoms with Gasteiger partial charge in [0.2, 0.25) is 11.8 Å². The minimum Gasteiger partial charge on any atom is -0.490 e. The number of nitrogens with one attached hydrogen (secondary N) is 1. The molecule has 3 amide bonds. The molecule has 1 aliphatic carbocycles. The standard InChI is InChI=1S/C26H23F3N2O5/c27-26(28,29)20(14-1-4-17(5-2-14)36-18-6-7-18)12-22(32)15-3-8-19-16(11-15)13-31(25(19)35)21-9-10-23(33)30-24(21)34/h1-5,8,11,18,20-21H,6-7,9-10,12-13H2,(H,30,33,34)/t20-,21?/m1/s1. The van der Waals surface area contributed by atoms with Crippen LogP contribution in [0.1, 0.15) is 69.9 Å². The highest BCUT2D eigenvalue weighted by atomic mass is 19.4. The van der Waals surface area contributed by atoms with Crippen molar-refractivity contribution in [1.29, 1.82) is 0 Å². The molecule has 2 aliphatic heterocycles. The lowest BCUT2D eigenvalue weighted by molar-refractivity contribution is -0.149. The molecule has 36 heavy (non-hydrogen) atoms. The van der Waals surface area contributed by atoms with Gasteiger partial charge in [0.05, 0.1) is 12.0 Å². The van der Waals surface area contributed by atoms with Gasteiger partial charge in [-0.2, -0.15) is 13.2 Å². The Hall–Kier alpha value is -3.69. The van der Waals surface area contributed by atoms with Crippen LogP contribution < -0.4 is 10.1 Å². The molecule has 2 atom stereocenters. The minimum atomic E-state index is -4.64. The van der Waals surface area contributed by atoms with Gasteiger partial charge in [0.1, 0.15) is 11.8 Å². The molecule has 2 aromatic rings. The number of carbonyl (C=O) groups is 4. The molecule has 2 fully saturated rings. The van der Waals surface area contributed by atoms with E-state index in [0.717, 1.165) is 12.8 Å². The fourth-order valence-electron chi connectivity index (χ4n) is 4.63. The summed E-state index contributed by atoms with van der Waals surface area (Å²) in [5, 5.41) is 2.21. The molecule has 0 spiro atoms. The Labute approximate surface area is 204 Å². The van der Waals surface area contributed by atoms with E-state index in [0.29, 0.717) is 11.3 Å². The summed E-state index contributed by atoms with van der Waals surface area (Å²) >= 11 is 0. The van der Waals surface area contributed by atoms with Crippen LogP contribution in [0.15, 0.2) is 42.5 Å². The lowest BCUT2D eigenvalue weighted by atomic mass is 9.90. The van der Waals surface area contributed by atoms with Crippen LogP contribution >= 0.6 is 0 Å². The second-order valence-corrected chi connectivity index (χ2v) is 9.38. The first-order valence-corrected chi connectivity index (χ1v) is 11.7. The summed E-state index contributed by atoms with van der Waals surface area (Å²) in [7, 11) is 0. The van der Waals surface area contributed by atoms with Crippen molar-refractivity contribution in [2.24, 2.45) is 0 Å². The number of halogens is 3. The van der Waals surface area contributed by atoms with E-state index >= 15 is 0 Å². The van der Waals surface area contributed by atoms with Gasteiger partial charge < -0.3 is 9.64 Å². The van der Waals surface area contributed by atoms with Crippen molar-refractivity contribution in [3.8, 4) is 5.75 Å². The maximum absolute atomic E-state index is 13.9. The number of benzene rings is 2. The van der Waals surface area contributed by atoms with E-state index in [1.54, 1.807) is 0 Å². The van der Waals surface area contributed by atoms with E-state index in [9.17, 15) is 32.3 Å². The Balaban J connectivity index is 1.32. The first kappa shape index (κ1) is 24.0. The van der Waals surface area contributed by atoms with Gasteiger partial charge in [-0.15, -0.1) is 0 Å². The number of imide groups is 1. The Morgan fingerprint density at radius 2 is 1.78 bits per heavy atom. The third-order valence-electron chi connectivity index (χ3n) is 6.74. The van der Waals surface area contributed by atoms with Crippen LogP contribution in [0.5, 0.6) is 5.75 Å². The van der Waals surface area contributed by atoms with Crippen LogP contribution in [0.3, 0.4) is 0 Å². The molecular formula is C26H23F3N2O5. The summed E-state index contributed by atoms with van der Waals surface area (Å²) in [6.45, 7) is 0.0344. The van der Waals surface area contributed by atoms with Crippen molar-refractivity contribution in [1.82, 2.24) is 10.2 Å². The SMILES string of the molecule is O=C1CCC(N2Cc3cc(C(=O)C[C@H](c4ccc(OC5CC5)cc4)C(F)(F)F)ccc3C2=O)C(=O)N1. The number of rotatable bonds is 7. The van der Waals surface area contributed by atoms with Gasteiger partial charge in [0.15, 0.2) is 5.78 Å². The minimum absolute atomic E-state index is 0.0284. The van der Waals surface area contributed by atoms with Gasteiger partial charge in [-0.25, -0.2) is 0 Å². The van der Waals surface area contributed by atoms with Gasteiger partial charge in [0, 0.05) is 30.5 Å². The summed E-state index contributed by atoms with van der Waals surface area (Å²) in [6.07, 6.45) is -3.15. The zero-order valence-corrected chi connectivity index (χ0v) is 19.1. The highest BCUT2D eigenvalue weighted by molar-refractivity contribution is 6.06. The lowest BCUT2D eigenvalue weighted by Gasteiger charge is -2.29. The molecule has 1 N–H and O–H groups in total. The quantitative estimate of drug-likeness (QED) is 0.460. The van der Waals surface area contributed by atoms with Crippen molar-refractivity contribution in [2.75, 3.05) is 0 Å². The number of ether oxygens (including phenoxy) is 1. The second kappa shape index (κ2) is 9.07. The Kier molecular flexibility index (Phi) is 6.05. The average molecular weight is 500 g/mol. The van der Waals surface area contributed by atoms with Crippen molar-refractivity contribution in [3.63, 3.8) is 0 Å². The lowest BCUT2D eigenvalue weighted by Crippen LogP contribution is -2.52.